The molecule has 164 valence electrons. The first kappa shape index (κ1) is 20.7. The van der Waals surface area contributed by atoms with Crippen LogP contribution in [-0.4, -0.2) is 53.5 Å². The van der Waals surface area contributed by atoms with Crippen LogP contribution in [0, 0.1) is 5.92 Å². The Morgan fingerprint density at radius 3 is 2.71 bits per heavy atom. The second kappa shape index (κ2) is 8.37. The number of amides is 1. The number of benzene rings is 1. The highest BCUT2D eigenvalue weighted by molar-refractivity contribution is 6.30. The average molecular weight is 441 g/mol. The third kappa shape index (κ3) is 3.79. The molecule has 0 bridgehead atoms. The van der Waals surface area contributed by atoms with Crippen molar-refractivity contribution in [2.24, 2.45) is 5.92 Å². The Bertz CT molecular complexity index is 965. The highest BCUT2D eigenvalue weighted by Gasteiger charge is 2.46. The predicted molar refractivity (Wildman–Crippen MR) is 122 cm³/mol. The van der Waals surface area contributed by atoms with Gasteiger partial charge in [-0.3, -0.25) is 10.2 Å². The van der Waals surface area contributed by atoms with Crippen LogP contribution in [-0.2, 0) is 4.79 Å². The number of hydrogen-bond acceptors (Lipinski definition) is 6. The number of aromatic nitrogens is 2. The molecule has 1 aromatic carbocycles. The number of carbonyl (C=O) groups excluding carboxylic acids is 1. The lowest BCUT2D eigenvalue weighted by Gasteiger charge is -2.30. The number of nitrogens with zero attached hydrogens (tertiary/aromatic N) is 4. The Morgan fingerprint density at radius 1 is 1.13 bits per heavy atom. The van der Waals surface area contributed by atoms with Gasteiger partial charge in [0, 0.05) is 49.4 Å². The number of hydrogen-bond donors (Lipinski definition) is 2. The number of fused-ring (bicyclic) bond motifs is 1. The number of likely N-dealkylation sites (tertiary alicyclic amines) is 1. The van der Waals surface area contributed by atoms with Gasteiger partial charge in [0.25, 0.3) is 0 Å². The molecule has 1 amide bonds. The second-order valence-electron chi connectivity index (χ2n) is 9.03. The van der Waals surface area contributed by atoms with Gasteiger partial charge in [0.15, 0.2) is 0 Å². The molecule has 3 heterocycles. The van der Waals surface area contributed by atoms with E-state index in [2.05, 4.69) is 15.8 Å². The molecule has 2 aliphatic heterocycles. The fraction of sp³-hybridized carbons (Fsp3) is 0.522. The SMILES string of the molecule is CN(C)c1ncc(-c2ccc(Cl)cc2)c(C2CCCN2C(=O)C2NNC3CCCC32)n1. The van der Waals surface area contributed by atoms with Gasteiger partial charge in [-0.2, -0.15) is 0 Å². The van der Waals surface area contributed by atoms with E-state index in [-0.39, 0.29) is 18.0 Å². The van der Waals surface area contributed by atoms with Crippen molar-refractivity contribution in [3.8, 4) is 11.1 Å². The third-order valence-corrected chi connectivity index (χ3v) is 7.15. The quantitative estimate of drug-likeness (QED) is 0.760. The molecular formula is C23H29ClN6O. The number of carbonyl (C=O) groups is 1. The van der Waals surface area contributed by atoms with Crippen LogP contribution >= 0.6 is 11.6 Å². The molecule has 3 aliphatic rings. The van der Waals surface area contributed by atoms with Crippen molar-refractivity contribution in [3.05, 3.63) is 41.2 Å². The molecule has 5 rings (SSSR count). The monoisotopic (exact) mass is 440 g/mol. The van der Waals surface area contributed by atoms with Crippen molar-refractivity contribution < 1.29 is 4.79 Å². The fourth-order valence-corrected chi connectivity index (χ4v) is 5.44. The summed E-state index contributed by atoms with van der Waals surface area (Å²) >= 11 is 6.11. The number of halogens is 1. The van der Waals surface area contributed by atoms with Crippen LogP contribution in [0.15, 0.2) is 30.5 Å². The van der Waals surface area contributed by atoms with E-state index in [1.165, 1.54) is 6.42 Å². The summed E-state index contributed by atoms with van der Waals surface area (Å²) in [5, 5.41) is 0.694. The largest absolute Gasteiger partial charge is 0.347 e. The van der Waals surface area contributed by atoms with E-state index in [4.69, 9.17) is 16.6 Å². The molecule has 1 aromatic heterocycles. The highest BCUT2D eigenvalue weighted by atomic mass is 35.5. The van der Waals surface area contributed by atoms with Crippen molar-refractivity contribution in [3.63, 3.8) is 0 Å². The molecule has 2 saturated heterocycles. The lowest BCUT2D eigenvalue weighted by molar-refractivity contribution is -0.135. The van der Waals surface area contributed by atoms with Crippen LogP contribution in [0.1, 0.15) is 43.8 Å². The van der Waals surface area contributed by atoms with Crippen LogP contribution in [0.3, 0.4) is 0 Å². The number of anilines is 1. The Labute approximate surface area is 188 Å². The predicted octanol–water partition coefficient (Wildman–Crippen LogP) is 3.17. The van der Waals surface area contributed by atoms with Crippen LogP contribution < -0.4 is 15.8 Å². The zero-order chi connectivity index (χ0) is 21.5. The maximum absolute atomic E-state index is 13.6. The summed E-state index contributed by atoms with van der Waals surface area (Å²) < 4.78 is 0. The van der Waals surface area contributed by atoms with Gasteiger partial charge in [-0.1, -0.05) is 30.2 Å². The normalized spacial score (nSPS) is 27.5. The first-order chi connectivity index (χ1) is 15.0. The molecule has 0 spiro atoms. The molecule has 7 nitrogen and oxygen atoms in total. The van der Waals surface area contributed by atoms with E-state index >= 15 is 0 Å². The van der Waals surface area contributed by atoms with Gasteiger partial charge < -0.3 is 9.80 Å². The lowest BCUT2D eigenvalue weighted by Crippen LogP contribution is -2.47. The Morgan fingerprint density at radius 2 is 1.94 bits per heavy atom. The molecule has 4 atom stereocenters. The summed E-state index contributed by atoms with van der Waals surface area (Å²) in [7, 11) is 3.87. The molecule has 0 radical (unpaired) electrons. The van der Waals surface area contributed by atoms with Crippen molar-refractivity contribution in [1.82, 2.24) is 25.7 Å². The summed E-state index contributed by atoms with van der Waals surface area (Å²) in [5.41, 5.74) is 9.54. The number of hydrazine groups is 1. The molecule has 3 fully saturated rings. The minimum atomic E-state index is -0.151. The third-order valence-electron chi connectivity index (χ3n) is 6.90. The summed E-state index contributed by atoms with van der Waals surface area (Å²) in [4.78, 5) is 27.1. The molecule has 4 unspecified atom stereocenters. The Kier molecular flexibility index (Phi) is 5.58. The minimum Gasteiger partial charge on any atom is -0.347 e. The van der Waals surface area contributed by atoms with Gasteiger partial charge in [-0.25, -0.2) is 15.4 Å². The first-order valence-corrected chi connectivity index (χ1v) is 11.5. The number of rotatable bonds is 4. The zero-order valence-corrected chi connectivity index (χ0v) is 18.8. The molecule has 2 N–H and O–H groups in total. The topological polar surface area (TPSA) is 73.4 Å². The van der Waals surface area contributed by atoms with Crippen LogP contribution in [0.5, 0.6) is 0 Å². The standard InChI is InChI=1S/C23H29ClN6O/c1-29(2)23-25-13-17(14-8-10-15(24)11-9-14)20(26-23)19-7-4-12-30(19)22(31)21-16-5-3-6-18(16)27-28-21/h8-11,13,16,18-19,21,27-28H,3-7,12H2,1-2H3. The first-order valence-electron chi connectivity index (χ1n) is 11.1. The van der Waals surface area contributed by atoms with E-state index in [1.54, 1.807) is 0 Å². The maximum Gasteiger partial charge on any atom is 0.241 e. The van der Waals surface area contributed by atoms with E-state index in [0.717, 1.165) is 49.0 Å². The minimum absolute atomic E-state index is 0.0536. The summed E-state index contributed by atoms with van der Waals surface area (Å²) in [6.07, 6.45) is 7.20. The lowest BCUT2D eigenvalue weighted by atomic mass is 9.95. The maximum atomic E-state index is 13.6. The van der Waals surface area contributed by atoms with E-state index < -0.39 is 0 Å². The van der Waals surface area contributed by atoms with Gasteiger partial charge in [0.05, 0.1) is 11.7 Å². The summed E-state index contributed by atoms with van der Waals surface area (Å²) in [6, 6.07) is 7.96. The highest BCUT2D eigenvalue weighted by Crippen LogP contribution is 2.39. The van der Waals surface area contributed by atoms with Gasteiger partial charge in [0.2, 0.25) is 11.9 Å². The van der Waals surface area contributed by atoms with Crippen LogP contribution in [0.25, 0.3) is 11.1 Å². The second-order valence-corrected chi connectivity index (χ2v) is 9.46. The Hall–Kier alpha value is -2.22. The molecule has 8 heteroatoms. The fourth-order valence-electron chi connectivity index (χ4n) is 5.32. The molecule has 2 aromatic rings. The summed E-state index contributed by atoms with van der Waals surface area (Å²) in [5.74, 6) is 1.23. The average Bonchev–Trinajstić information content (AvgIpc) is 3.50. The van der Waals surface area contributed by atoms with Gasteiger partial charge in [-0.05, 0) is 43.4 Å². The van der Waals surface area contributed by atoms with Crippen LogP contribution in [0.2, 0.25) is 5.02 Å². The van der Waals surface area contributed by atoms with Crippen LogP contribution in [0.4, 0.5) is 5.95 Å². The number of nitrogens with one attached hydrogen (secondary N) is 2. The van der Waals surface area contributed by atoms with Crippen molar-refractivity contribution in [2.45, 2.75) is 50.2 Å². The van der Waals surface area contributed by atoms with Gasteiger partial charge in [-0.15, -0.1) is 0 Å². The van der Waals surface area contributed by atoms with E-state index in [0.29, 0.717) is 22.9 Å². The Balaban J connectivity index is 1.50. The van der Waals surface area contributed by atoms with Crippen molar-refractivity contribution in [2.75, 3.05) is 25.5 Å². The van der Waals surface area contributed by atoms with E-state index in [1.807, 2.05) is 54.4 Å². The van der Waals surface area contributed by atoms with Crippen molar-refractivity contribution >= 4 is 23.5 Å². The van der Waals surface area contributed by atoms with E-state index in [9.17, 15) is 4.79 Å². The van der Waals surface area contributed by atoms with Crippen molar-refractivity contribution in [1.29, 1.82) is 0 Å². The molecule has 1 aliphatic carbocycles. The molecule has 31 heavy (non-hydrogen) atoms. The smallest absolute Gasteiger partial charge is 0.241 e. The summed E-state index contributed by atoms with van der Waals surface area (Å²) in [6.45, 7) is 0.764. The van der Waals surface area contributed by atoms with Gasteiger partial charge in [0.1, 0.15) is 6.04 Å². The molecule has 1 saturated carbocycles. The van der Waals surface area contributed by atoms with Gasteiger partial charge >= 0.3 is 0 Å². The molecular weight excluding hydrogens is 412 g/mol. The zero-order valence-electron chi connectivity index (χ0n) is 18.0.